The summed E-state index contributed by atoms with van der Waals surface area (Å²) < 4.78 is 28.6. The average Bonchev–Trinajstić information content (AvgIpc) is 3.28. The molecule has 0 bridgehead atoms. The molecule has 4 rings (SSSR count). The Bertz CT molecular complexity index is 1620. The molecule has 0 fully saturated rings. The van der Waals surface area contributed by atoms with Gasteiger partial charge in [-0.2, -0.15) is 5.10 Å². The van der Waals surface area contributed by atoms with Crippen molar-refractivity contribution < 1.29 is 18.7 Å². The highest BCUT2D eigenvalue weighted by molar-refractivity contribution is 5.81. The molecule has 1 N–H and O–H groups in total. The van der Waals surface area contributed by atoms with Crippen LogP contribution in [0, 0.1) is 12.7 Å². The fourth-order valence-corrected chi connectivity index (χ4v) is 4.65. The van der Waals surface area contributed by atoms with E-state index in [1.165, 1.54) is 33.5 Å². The number of ether oxygens (including phenoxy) is 2. The number of halogens is 1. The first kappa shape index (κ1) is 28.6. The molecule has 11 heteroatoms. The van der Waals surface area contributed by atoms with E-state index in [4.69, 9.17) is 9.47 Å². The molecule has 4 aromatic rings. The predicted molar refractivity (Wildman–Crippen MR) is 150 cm³/mol. The Kier molecular flexibility index (Phi) is 9.03. The first-order chi connectivity index (χ1) is 19.3. The maximum Gasteiger partial charge on any atom is 0.332 e. The second-order valence-corrected chi connectivity index (χ2v) is 9.23. The largest absolute Gasteiger partial charge is 0.490 e. The number of fused-ring (bicyclic) bond motifs is 1. The predicted octanol–water partition coefficient (Wildman–Crippen LogP) is 3.03. The highest BCUT2D eigenvalue weighted by atomic mass is 19.1. The molecule has 40 heavy (non-hydrogen) atoms. The van der Waals surface area contributed by atoms with Crippen LogP contribution in [-0.2, 0) is 30.8 Å². The monoisotopic (exact) mass is 551 g/mol. The summed E-state index contributed by atoms with van der Waals surface area (Å²) in [5.74, 6) is 0.517. The molecule has 2 aromatic heterocycles. The van der Waals surface area contributed by atoms with Gasteiger partial charge < -0.3 is 14.8 Å². The number of benzene rings is 2. The van der Waals surface area contributed by atoms with E-state index < -0.39 is 17.1 Å². The zero-order valence-electron chi connectivity index (χ0n) is 23.2. The van der Waals surface area contributed by atoms with Crippen LogP contribution < -0.4 is 26.0 Å². The molecule has 0 aliphatic heterocycles. The summed E-state index contributed by atoms with van der Waals surface area (Å²) in [6.45, 7) is 8.76. The molecule has 0 saturated carbocycles. The van der Waals surface area contributed by atoms with Crippen LogP contribution >= 0.6 is 0 Å². The Balaban J connectivity index is 1.58. The van der Waals surface area contributed by atoms with E-state index in [-0.39, 0.29) is 24.5 Å². The van der Waals surface area contributed by atoms with Gasteiger partial charge in [-0.1, -0.05) is 18.2 Å². The number of nitrogens with one attached hydrogen (secondary N) is 1. The van der Waals surface area contributed by atoms with Gasteiger partial charge in [-0.25, -0.2) is 9.18 Å². The minimum absolute atomic E-state index is 0.0661. The van der Waals surface area contributed by atoms with Crippen LogP contribution in [0.2, 0.25) is 0 Å². The van der Waals surface area contributed by atoms with Crippen LogP contribution in [0.25, 0.3) is 11.0 Å². The Morgan fingerprint density at radius 2 is 1.60 bits per heavy atom. The normalized spacial score (nSPS) is 11.1. The summed E-state index contributed by atoms with van der Waals surface area (Å²) in [6, 6.07) is 11.2. The van der Waals surface area contributed by atoms with Crippen molar-refractivity contribution in [3.05, 3.63) is 85.9 Å². The Hall–Kier alpha value is -4.41. The summed E-state index contributed by atoms with van der Waals surface area (Å²) >= 11 is 0. The standard InChI is InChI=1S/C29H34FN5O5/c1-5-35-27-26(19(4)32-35)33(29(38)34(28(27)37)17-21-8-11-22(30)12-9-21)18-25(36)31-15-14-20-10-13-23(39-6-2)24(16-20)40-7-3/h8-13,16H,5-7,14-15,17-18H2,1-4H3,(H,31,36). The quantitative estimate of drug-likeness (QED) is 0.290. The highest BCUT2D eigenvalue weighted by Gasteiger charge is 2.21. The van der Waals surface area contributed by atoms with Crippen LogP contribution in [0.4, 0.5) is 4.39 Å². The number of aromatic nitrogens is 4. The van der Waals surface area contributed by atoms with Gasteiger partial charge in [0, 0.05) is 13.1 Å². The minimum atomic E-state index is -0.636. The minimum Gasteiger partial charge on any atom is -0.490 e. The third kappa shape index (κ3) is 6.08. The number of hydrogen-bond donors (Lipinski definition) is 1. The lowest BCUT2D eigenvalue weighted by atomic mass is 10.1. The third-order valence-electron chi connectivity index (χ3n) is 6.47. The molecule has 1 amide bonds. The van der Waals surface area contributed by atoms with Crippen molar-refractivity contribution in [3.63, 3.8) is 0 Å². The summed E-state index contributed by atoms with van der Waals surface area (Å²) in [7, 11) is 0. The topological polar surface area (TPSA) is 109 Å². The van der Waals surface area contributed by atoms with E-state index in [9.17, 15) is 18.8 Å². The van der Waals surface area contributed by atoms with Crippen LogP contribution in [-0.4, -0.2) is 44.6 Å². The summed E-state index contributed by atoms with van der Waals surface area (Å²) in [5.41, 5.74) is 1.44. The first-order valence-corrected chi connectivity index (χ1v) is 13.4. The molecule has 212 valence electrons. The highest BCUT2D eigenvalue weighted by Crippen LogP contribution is 2.28. The van der Waals surface area contributed by atoms with Gasteiger partial charge in [-0.05, 0) is 69.5 Å². The molecular weight excluding hydrogens is 517 g/mol. The molecule has 10 nitrogen and oxygen atoms in total. The molecule has 0 aliphatic rings. The average molecular weight is 552 g/mol. The van der Waals surface area contributed by atoms with Crippen molar-refractivity contribution in [1.82, 2.24) is 24.2 Å². The maximum atomic E-state index is 13.5. The van der Waals surface area contributed by atoms with E-state index in [1.54, 1.807) is 6.92 Å². The lowest BCUT2D eigenvalue weighted by Gasteiger charge is -2.14. The Morgan fingerprint density at radius 1 is 0.925 bits per heavy atom. The van der Waals surface area contributed by atoms with Crippen molar-refractivity contribution >= 4 is 16.9 Å². The van der Waals surface area contributed by atoms with Crippen LogP contribution in [0.5, 0.6) is 11.5 Å². The summed E-state index contributed by atoms with van der Waals surface area (Å²) in [5, 5.41) is 7.29. The first-order valence-electron chi connectivity index (χ1n) is 13.4. The zero-order valence-corrected chi connectivity index (χ0v) is 23.2. The van der Waals surface area contributed by atoms with Crippen molar-refractivity contribution in [1.29, 1.82) is 0 Å². The van der Waals surface area contributed by atoms with Gasteiger partial charge in [-0.15, -0.1) is 0 Å². The molecule has 0 aliphatic carbocycles. The van der Waals surface area contributed by atoms with Gasteiger partial charge in [0.2, 0.25) is 5.91 Å². The van der Waals surface area contributed by atoms with Crippen molar-refractivity contribution in [2.45, 2.75) is 53.8 Å². The second kappa shape index (κ2) is 12.6. The van der Waals surface area contributed by atoms with E-state index >= 15 is 0 Å². The lowest BCUT2D eigenvalue weighted by Crippen LogP contribution is -2.43. The molecule has 2 heterocycles. The van der Waals surface area contributed by atoms with Gasteiger partial charge in [0.1, 0.15) is 17.9 Å². The van der Waals surface area contributed by atoms with Crippen LogP contribution in [0.3, 0.4) is 0 Å². The lowest BCUT2D eigenvalue weighted by molar-refractivity contribution is -0.121. The molecule has 2 aromatic carbocycles. The Labute approximate surface area is 231 Å². The van der Waals surface area contributed by atoms with E-state index in [2.05, 4.69) is 10.4 Å². The smallest absolute Gasteiger partial charge is 0.332 e. The van der Waals surface area contributed by atoms with Gasteiger partial charge in [-0.3, -0.25) is 23.4 Å². The number of amides is 1. The number of rotatable bonds is 12. The van der Waals surface area contributed by atoms with Crippen molar-refractivity contribution in [3.8, 4) is 11.5 Å². The molecular formula is C29H34FN5O5. The van der Waals surface area contributed by atoms with Crippen molar-refractivity contribution in [2.24, 2.45) is 0 Å². The molecule has 0 unspecified atom stereocenters. The number of carbonyl (C=O) groups excluding carboxylic acids is 1. The number of carbonyl (C=O) groups is 1. The SMILES string of the molecule is CCOc1ccc(CCNC(=O)Cn2c(=O)n(Cc3ccc(F)cc3)c(=O)c3c2c(C)nn3CC)cc1OCC. The van der Waals surface area contributed by atoms with Gasteiger partial charge in [0.05, 0.1) is 25.5 Å². The third-order valence-corrected chi connectivity index (χ3v) is 6.47. The molecule has 0 atom stereocenters. The van der Waals surface area contributed by atoms with E-state index in [0.29, 0.717) is 61.0 Å². The fraction of sp³-hybridized carbons (Fsp3) is 0.379. The fourth-order valence-electron chi connectivity index (χ4n) is 4.65. The van der Waals surface area contributed by atoms with Crippen LogP contribution in [0.15, 0.2) is 52.1 Å². The zero-order chi connectivity index (χ0) is 28.8. The van der Waals surface area contributed by atoms with Crippen molar-refractivity contribution in [2.75, 3.05) is 19.8 Å². The summed E-state index contributed by atoms with van der Waals surface area (Å²) in [4.78, 5) is 40.0. The van der Waals surface area contributed by atoms with Gasteiger partial charge in [0.15, 0.2) is 17.0 Å². The van der Waals surface area contributed by atoms with E-state index in [0.717, 1.165) is 10.1 Å². The Morgan fingerprint density at radius 3 is 2.27 bits per heavy atom. The number of hydrogen-bond acceptors (Lipinski definition) is 6. The molecule has 0 spiro atoms. The van der Waals surface area contributed by atoms with E-state index in [1.807, 2.05) is 39.0 Å². The number of nitrogens with zero attached hydrogens (tertiary/aromatic N) is 4. The molecule has 0 radical (unpaired) electrons. The second-order valence-electron chi connectivity index (χ2n) is 9.23. The maximum absolute atomic E-state index is 13.5. The van der Waals surface area contributed by atoms with Crippen LogP contribution in [0.1, 0.15) is 37.6 Å². The van der Waals surface area contributed by atoms with Gasteiger partial charge >= 0.3 is 5.69 Å². The number of aryl methyl sites for hydroxylation is 2. The summed E-state index contributed by atoms with van der Waals surface area (Å²) in [6.07, 6.45) is 0.541. The van der Waals surface area contributed by atoms with Gasteiger partial charge in [0.25, 0.3) is 5.56 Å². The molecule has 0 saturated heterocycles.